The van der Waals surface area contributed by atoms with E-state index in [-0.39, 0.29) is 17.9 Å². The summed E-state index contributed by atoms with van der Waals surface area (Å²) in [5, 5.41) is 10.4. The highest BCUT2D eigenvalue weighted by Gasteiger charge is 2.53. The third-order valence-electron chi connectivity index (χ3n) is 6.43. The van der Waals surface area contributed by atoms with Gasteiger partial charge in [-0.05, 0) is 49.9 Å². The highest BCUT2D eigenvalue weighted by molar-refractivity contribution is 7.88. The van der Waals surface area contributed by atoms with Crippen molar-refractivity contribution in [2.24, 2.45) is 17.8 Å². The van der Waals surface area contributed by atoms with Gasteiger partial charge in [0.15, 0.2) is 0 Å². The fourth-order valence-corrected chi connectivity index (χ4v) is 6.20. The van der Waals surface area contributed by atoms with Crippen molar-refractivity contribution in [1.82, 2.24) is 9.03 Å². The molecule has 148 valence electrons. The fourth-order valence-electron chi connectivity index (χ4n) is 4.86. The van der Waals surface area contributed by atoms with Crippen LogP contribution in [0, 0.1) is 17.8 Å². The van der Waals surface area contributed by atoms with E-state index in [1.165, 1.54) is 12.8 Å². The predicted octanol–water partition coefficient (Wildman–Crippen LogP) is 0.736. The van der Waals surface area contributed by atoms with Gasteiger partial charge in [0.05, 0.1) is 24.8 Å². The van der Waals surface area contributed by atoms with Gasteiger partial charge in [-0.1, -0.05) is 12.8 Å². The van der Waals surface area contributed by atoms with Crippen molar-refractivity contribution in [1.29, 1.82) is 0 Å². The number of hydrogen-bond donors (Lipinski definition) is 2. The van der Waals surface area contributed by atoms with E-state index in [4.69, 9.17) is 4.74 Å². The maximum Gasteiger partial charge on any atom is 0.304 e. The lowest BCUT2D eigenvalue weighted by Gasteiger charge is -2.47. The molecule has 3 saturated carbocycles. The van der Waals surface area contributed by atoms with Gasteiger partial charge >= 0.3 is 10.2 Å². The Morgan fingerprint density at radius 2 is 2.00 bits per heavy atom. The summed E-state index contributed by atoms with van der Waals surface area (Å²) in [6.45, 7) is 0.276. The van der Waals surface area contributed by atoms with Gasteiger partial charge < -0.3 is 9.84 Å². The van der Waals surface area contributed by atoms with Crippen LogP contribution >= 0.6 is 0 Å². The average Bonchev–Trinajstić information content (AvgIpc) is 3.33. The van der Waals surface area contributed by atoms with Crippen molar-refractivity contribution in [3.8, 4) is 0 Å². The third kappa shape index (κ3) is 3.63. The Hall–Kier alpha value is -0.770. The quantitative estimate of drug-likeness (QED) is 0.722. The lowest BCUT2D eigenvalue weighted by molar-refractivity contribution is -0.120. The molecule has 0 aromatic rings. The van der Waals surface area contributed by atoms with Crippen LogP contribution < -0.4 is 4.72 Å². The number of carbonyl (C=O) groups excluding carboxylic acids is 1. The molecule has 0 radical (unpaired) electrons. The number of hydrogen-bond acceptors (Lipinski definition) is 5. The fraction of sp³-hybridized carbons (Fsp3) is 0.941. The monoisotopic (exact) mass is 390 g/mol. The molecule has 4 aliphatic rings. The van der Waals surface area contributed by atoms with Gasteiger partial charge in [-0.25, -0.2) is 9.11 Å². The van der Waals surface area contributed by atoms with Gasteiger partial charge in [0.2, 0.25) is 5.91 Å². The number of amides is 1. The molecule has 9 heteroatoms. The smallest absolute Gasteiger partial charge is 0.304 e. The van der Waals surface area contributed by atoms with Crippen LogP contribution in [0.15, 0.2) is 0 Å². The first kappa shape index (κ1) is 18.6. The Morgan fingerprint density at radius 1 is 1.23 bits per heavy atom. The van der Waals surface area contributed by atoms with Gasteiger partial charge in [-0.15, -0.1) is 0 Å². The van der Waals surface area contributed by atoms with E-state index in [0.717, 1.165) is 29.5 Å². The van der Waals surface area contributed by atoms with E-state index in [2.05, 4.69) is 0 Å². The van der Waals surface area contributed by atoms with Crippen LogP contribution in [-0.4, -0.2) is 61.3 Å². The Kier molecular flexibility index (Phi) is 5.00. The molecular weight excluding hydrogens is 363 g/mol. The molecule has 1 heterocycles. The lowest BCUT2D eigenvalue weighted by Crippen LogP contribution is -2.59. The zero-order valence-electron chi connectivity index (χ0n) is 14.7. The summed E-state index contributed by atoms with van der Waals surface area (Å²) >= 11 is 0. The van der Waals surface area contributed by atoms with Crippen LogP contribution in [0.5, 0.6) is 0 Å². The number of aliphatic hydroxyl groups excluding tert-OH is 1. The van der Waals surface area contributed by atoms with Gasteiger partial charge in [0.1, 0.15) is 6.17 Å². The number of aliphatic hydroxyl groups is 1. The molecule has 1 amide bonds. The van der Waals surface area contributed by atoms with Crippen LogP contribution in [0.3, 0.4) is 0 Å². The summed E-state index contributed by atoms with van der Waals surface area (Å²) in [7, 11) is -4.07. The first-order valence-electron chi connectivity index (χ1n) is 9.61. The molecule has 0 spiro atoms. The predicted molar refractivity (Wildman–Crippen MR) is 91.0 cm³/mol. The molecule has 2 N–H and O–H groups in total. The van der Waals surface area contributed by atoms with Gasteiger partial charge in [0, 0.05) is 6.61 Å². The largest absolute Gasteiger partial charge is 0.391 e. The van der Waals surface area contributed by atoms with Crippen molar-refractivity contribution in [2.75, 3.05) is 13.2 Å². The number of fused-ring (bicyclic) bond motifs is 1. The molecule has 0 aromatic carbocycles. The number of carbonyl (C=O) groups is 1. The zero-order chi connectivity index (χ0) is 18.5. The SMILES string of the molecule is O=C1CN(C2C(O)CC3CCC(OCCC4CC4)CC3C2F)S(=O)(=O)N1. The summed E-state index contributed by atoms with van der Waals surface area (Å²) in [6, 6.07) is -1.20. The minimum atomic E-state index is -4.07. The molecule has 4 fully saturated rings. The molecule has 0 bridgehead atoms. The van der Waals surface area contributed by atoms with Crippen molar-refractivity contribution in [3.63, 3.8) is 0 Å². The number of ether oxygens (including phenoxy) is 1. The van der Waals surface area contributed by atoms with E-state index in [9.17, 15) is 18.3 Å². The minimum Gasteiger partial charge on any atom is -0.391 e. The van der Waals surface area contributed by atoms with Gasteiger partial charge in [0.25, 0.3) is 0 Å². The van der Waals surface area contributed by atoms with Crippen LogP contribution in [-0.2, 0) is 19.7 Å². The molecule has 6 unspecified atom stereocenters. The average molecular weight is 390 g/mol. The summed E-state index contributed by atoms with van der Waals surface area (Å²) in [5.74, 6) is -0.196. The third-order valence-corrected chi connectivity index (χ3v) is 7.91. The zero-order valence-corrected chi connectivity index (χ0v) is 15.5. The number of nitrogens with one attached hydrogen (secondary N) is 1. The van der Waals surface area contributed by atoms with Crippen molar-refractivity contribution in [2.45, 2.75) is 69.4 Å². The topological polar surface area (TPSA) is 95.9 Å². The van der Waals surface area contributed by atoms with E-state index < -0.39 is 41.0 Å². The Balaban J connectivity index is 1.43. The highest BCUT2D eigenvalue weighted by Crippen LogP contribution is 2.45. The number of rotatable bonds is 5. The minimum absolute atomic E-state index is 0.000847. The maximum absolute atomic E-state index is 15.3. The number of alkyl halides is 1. The van der Waals surface area contributed by atoms with Crippen LogP contribution in [0.25, 0.3) is 0 Å². The van der Waals surface area contributed by atoms with Crippen LogP contribution in [0.2, 0.25) is 0 Å². The summed E-state index contributed by atoms with van der Waals surface area (Å²) in [5.41, 5.74) is 0. The van der Waals surface area contributed by atoms with E-state index in [1.54, 1.807) is 0 Å². The molecule has 1 saturated heterocycles. The molecule has 26 heavy (non-hydrogen) atoms. The summed E-state index contributed by atoms with van der Waals surface area (Å²) < 4.78 is 48.1. The van der Waals surface area contributed by atoms with E-state index in [1.807, 2.05) is 4.72 Å². The summed E-state index contributed by atoms with van der Waals surface area (Å²) in [4.78, 5) is 11.5. The number of halogens is 1. The van der Waals surface area contributed by atoms with Crippen LogP contribution in [0.1, 0.15) is 44.9 Å². The molecule has 6 atom stereocenters. The standard InChI is InChI=1S/C17H27FN2O5S/c18-16-13-8-12(25-6-5-10-1-2-10)4-3-11(13)7-14(21)17(16)20-9-15(22)19-26(20,23)24/h10-14,16-17,21H,1-9H2,(H,19,22). The lowest BCUT2D eigenvalue weighted by atomic mass is 9.66. The Morgan fingerprint density at radius 3 is 2.65 bits per heavy atom. The second kappa shape index (κ2) is 7.00. The van der Waals surface area contributed by atoms with E-state index in [0.29, 0.717) is 19.4 Å². The molecule has 0 aromatic heterocycles. The Bertz CT molecular complexity index is 656. The molecule has 7 nitrogen and oxygen atoms in total. The first-order chi connectivity index (χ1) is 12.3. The van der Waals surface area contributed by atoms with Crippen molar-refractivity contribution >= 4 is 16.1 Å². The van der Waals surface area contributed by atoms with Gasteiger partial charge in [-0.3, -0.25) is 4.79 Å². The van der Waals surface area contributed by atoms with Crippen LogP contribution in [0.4, 0.5) is 4.39 Å². The van der Waals surface area contributed by atoms with E-state index >= 15 is 4.39 Å². The van der Waals surface area contributed by atoms with Gasteiger partial charge in [-0.2, -0.15) is 12.7 Å². The van der Waals surface area contributed by atoms with Crippen molar-refractivity contribution < 1.29 is 27.4 Å². The Labute approximate surface area is 153 Å². The normalized spacial score (nSPS) is 43.1. The second-order valence-corrected chi connectivity index (χ2v) is 9.90. The van der Waals surface area contributed by atoms with Crippen molar-refractivity contribution in [3.05, 3.63) is 0 Å². The molecule has 3 aliphatic carbocycles. The number of nitrogens with zero attached hydrogens (tertiary/aromatic N) is 1. The highest BCUT2D eigenvalue weighted by atomic mass is 32.2. The summed E-state index contributed by atoms with van der Waals surface area (Å²) in [6.07, 6.45) is 3.58. The maximum atomic E-state index is 15.3. The second-order valence-electron chi connectivity index (χ2n) is 8.28. The first-order valence-corrected chi connectivity index (χ1v) is 11.1. The molecule has 4 rings (SSSR count). The molecular formula is C17H27FN2O5S. The molecule has 1 aliphatic heterocycles.